The Morgan fingerprint density at radius 1 is 1.00 bits per heavy atom. The lowest BCUT2D eigenvalue weighted by Crippen LogP contribution is -2.08. The van der Waals surface area contributed by atoms with Crippen LogP contribution in [-0.2, 0) is 4.79 Å². The molecular formula is C14H11O2. The van der Waals surface area contributed by atoms with E-state index in [9.17, 15) is 9.59 Å². The van der Waals surface area contributed by atoms with Crippen LogP contribution in [0.2, 0.25) is 0 Å². The van der Waals surface area contributed by atoms with E-state index in [4.69, 9.17) is 0 Å². The topological polar surface area (TPSA) is 34.1 Å². The SMILES string of the molecule is O=C(CC(=O)c1ccccc1)C1=C[CH]C=C1. The number of Topliss-reactive ketones (excluding diaryl/α,β-unsaturated/α-hetero) is 2. The van der Waals surface area contributed by atoms with E-state index < -0.39 is 0 Å². The third-order valence-electron chi connectivity index (χ3n) is 2.40. The van der Waals surface area contributed by atoms with Gasteiger partial charge in [0.2, 0.25) is 0 Å². The lowest BCUT2D eigenvalue weighted by Gasteiger charge is -2.00. The second-order valence-electron chi connectivity index (χ2n) is 3.56. The van der Waals surface area contributed by atoms with Crippen molar-refractivity contribution in [3.63, 3.8) is 0 Å². The molecule has 0 fully saturated rings. The molecule has 0 bridgehead atoms. The summed E-state index contributed by atoms with van der Waals surface area (Å²) in [6.45, 7) is 0. The van der Waals surface area contributed by atoms with Crippen LogP contribution in [0.15, 0.2) is 54.1 Å². The zero-order valence-corrected chi connectivity index (χ0v) is 8.72. The average molecular weight is 211 g/mol. The number of benzene rings is 1. The molecule has 0 unspecified atom stereocenters. The Morgan fingerprint density at radius 3 is 2.38 bits per heavy atom. The molecule has 0 heterocycles. The van der Waals surface area contributed by atoms with Gasteiger partial charge in [-0.25, -0.2) is 0 Å². The Bertz CT molecular complexity index is 467. The molecule has 1 aromatic carbocycles. The Morgan fingerprint density at radius 2 is 1.75 bits per heavy atom. The minimum absolute atomic E-state index is 0.0615. The predicted molar refractivity (Wildman–Crippen MR) is 61.9 cm³/mol. The molecule has 1 radical (unpaired) electrons. The summed E-state index contributed by atoms with van der Waals surface area (Å²) in [5, 5.41) is 0. The van der Waals surface area contributed by atoms with Crippen LogP contribution in [0.3, 0.4) is 0 Å². The quantitative estimate of drug-likeness (QED) is 0.566. The maximum atomic E-state index is 11.7. The van der Waals surface area contributed by atoms with Gasteiger partial charge in [-0.3, -0.25) is 9.59 Å². The fourth-order valence-electron chi connectivity index (χ4n) is 1.53. The van der Waals surface area contributed by atoms with Crippen molar-refractivity contribution in [2.45, 2.75) is 6.42 Å². The van der Waals surface area contributed by atoms with Crippen molar-refractivity contribution in [1.29, 1.82) is 0 Å². The van der Waals surface area contributed by atoms with Gasteiger partial charge in [-0.15, -0.1) is 0 Å². The molecule has 2 heteroatoms. The maximum absolute atomic E-state index is 11.7. The molecule has 2 nitrogen and oxygen atoms in total. The number of carbonyl (C=O) groups is 2. The highest BCUT2D eigenvalue weighted by atomic mass is 16.1. The summed E-state index contributed by atoms with van der Waals surface area (Å²) in [6, 6.07) is 8.87. The molecule has 0 amide bonds. The van der Waals surface area contributed by atoms with Gasteiger partial charge >= 0.3 is 0 Å². The minimum atomic E-state index is -0.133. The Balaban J connectivity index is 2.03. The van der Waals surface area contributed by atoms with Crippen molar-refractivity contribution in [3.8, 4) is 0 Å². The summed E-state index contributed by atoms with van der Waals surface area (Å²) < 4.78 is 0. The van der Waals surface area contributed by atoms with Gasteiger partial charge in [0.05, 0.1) is 6.42 Å². The van der Waals surface area contributed by atoms with Crippen LogP contribution < -0.4 is 0 Å². The fourth-order valence-corrected chi connectivity index (χ4v) is 1.53. The minimum Gasteiger partial charge on any atom is -0.294 e. The molecule has 16 heavy (non-hydrogen) atoms. The first-order valence-corrected chi connectivity index (χ1v) is 5.10. The maximum Gasteiger partial charge on any atom is 0.170 e. The third-order valence-corrected chi connectivity index (χ3v) is 2.40. The standard InChI is InChI=1S/C14H11O2/c15-13(11-6-2-1-3-7-11)10-14(16)12-8-4-5-9-12/h1-9H,10H2. The molecule has 0 saturated carbocycles. The molecule has 0 atom stereocenters. The van der Waals surface area contributed by atoms with Crippen LogP contribution in [0.25, 0.3) is 0 Å². The Kier molecular flexibility index (Phi) is 3.10. The van der Waals surface area contributed by atoms with Gasteiger partial charge in [-0.05, 0) is 0 Å². The van der Waals surface area contributed by atoms with Gasteiger partial charge in [-0.2, -0.15) is 0 Å². The first-order valence-electron chi connectivity index (χ1n) is 5.10. The molecule has 0 N–H and O–H groups in total. The predicted octanol–water partition coefficient (Wildman–Crippen LogP) is 2.53. The lowest BCUT2D eigenvalue weighted by molar-refractivity contribution is -0.114. The van der Waals surface area contributed by atoms with E-state index in [2.05, 4.69) is 0 Å². The molecule has 0 aromatic heterocycles. The second kappa shape index (κ2) is 4.71. The van der Waals surface area contributed by atoms with E-state index in [1.807, 2.05) is 6.07 Å². The highest BCUT2D eigenvalue weighted by Crippen LogP contribution is 2.13. The molecule has 79 valence electrons. The molecule has 1 aromatic rings. The summed E-state index contributed by atoms with van der Waals surface area (Å²) >= 11 is 0. The number of rotatable bonds is 4. The van der Waals surface area contributed by atoms with Gasteiger partial charge in [0.1, 0.15) is 0 Å². The number of hydrogen-bond donors (Lipinski definition) is 0. The van der Waals surface area contributed by atoms with E-state index >= 15 is 0 Å². The van der Waals surface area contributed by atoms with Gasteiger partial charge in [0, 0.05) is 17.6 Å². The second-order valence-corrected chi connectivity index (χ2v) is 3.56. The lowest BCUT2D eigenvalue weighted by atomic mass is 10.0. The monoisotopic (exact) mass is 211 g/mol. The number of carbonyl (C=O) groups excluding carboxylic acids is 2. The van der Waals surface area contributed by atoms with E-state index in [0.717, 1.165) is 0 Å². The normalized spacial score (nSPS) is 13.6. The first kappa shape index (κ1) is 10.6. The van der Waals surface area contributed by atoms with Crippen molar-refractivity contribution in [1.82, 2.24) is 0 Å². The molecule has 0 spiro atoms. The third kappa shape index (κ3) is 2.34. The van der Waals surface area contributed by atoms with Crippen molar-refractivity contribution in [2.24, 2.45) is 0 Å². The van der Waals surface area contributed by atoms with Crippen LogP contribution in [0.4, 0.5) is 0 Å². The van der Waals surface area contributed by atoms with Crippen LogP contribution in [0, 0.1) is 6.42 Å². The fraction of sp³-hybridized carbons (Fsp3) is 0.0714. The summed E-state index contributed by atoms with van der Waals surface area (Å²) in [7, 11) is 0. The molecule has 1 aliphatic rings. The summed E-state index contributed by atoms with van der Waals surface area (Å²) in [5.41, 5.74) is 1.19. The number of ketones is 2. The smallest absolute Gasteiger partial charge is 0.170 e. The Labute approximate surface area is 94.3 Å². The molecular weight excluding hydrogens is 200 g/mol. The van der Waals surface area contributed by atoms with Crippen LogP contribution in [-0.4, -0.2) is 11.6 Å². The molecule has 0 aliphatic heterocycles. The zero-order chi connectivity index (χ0) is 11.4. The van der Waals surface area contributed by atoms with E-state index in [-0.39, 0.29) is 18.0 Å². The zero-order valence-electron chi connectivity index (χ0n) is 8.72. The summed E-state index contributed by atoms with van der Waals surface area (Å²) in [6.07, 6.45) is 6.97. The number of allylic oxidation sites excluding steroid dienone is 4. The van der Waals surface area contributed by atoms with Crippen LogP contribution in [0.5, 0.6) is 0 Å². The van der Waals surface area contributed by atoms with E-state index in [1.165, 1.54) is 0 Å². The number of hydrogen-bond acceptors (Lipinski definition) is 2. The van der Waals surface area contributed by atoms with Crippen molar-refractivity contribution >= 4 is 11.6 Å². The highest BCUT2D eigenvalue weighted by molar-refractivity contribution is 6.14. The van der Waals surface area contributed by atoms with Crippen molar-refractivity contribution in [2.75, 3.05) is 0 Å². The van der Waals surface area contributed by atoms with Crippen LogP contribution in [0.1, 0.15) is 16.8 Å². The average Bonchev–Trinajstić information content (AvgIpc) is 2.83. The van der Waals surface area contributed by atoms with E-state index in [1.54, 1.807) is 48.9 Å². The van der Waals surface area contributed by atoms with Gasteiger partial charge < -0.3 is 0 Å². The van der Waals surface area contributed by atoms with Gasteiger partial charge in [0.25, 0.3) is 0 Å². The van der Waals surface area contributed by atoms with E-state index in [0.29, 0.717) is 11.1 Å². The van der Waals surface area contributed by atoms with Gasteiger partial charge in [-0.1, -0.05) is 48.6 Å². The first-order chi connectivity index (χ1) is 7.77. The summed E-state index contributed by atoms with van der Waals surface area (Å²) in [5.74, 6) is -0.259. The van der Waals surface area contributed by atoms with Gasteiger partial charge in [0.15, 0.2) is 11.6 Å². The molecule has 2 rings (SSSR count). The highest BCUT2D eigenvalue weighted by Gasteiger charge is 2.14. The molecule has 1 aliphatic carbocycles. The largest absolute Gasteiger partial charge is 0.294 e. The van der Waals surface area contributed by atoms with Crippen molar-refractivity contribution in [3.05, 3.63) is 66.1 Å². The van der Waals surface area contributed by atoms with Crippen LogP contribution >= 0.6 is 0 Å². The summed E-state index contributed by atoms with van der Waals surface area (Å²) in [4.78, 5) is 23.4. The Hall–Kier alpha value is -1.96. The van der Waals surface area contributed by atoms with Crippen molar-refractivity contribution < 1.29 is 9.59 Å². The molecule has 0 saturated heterocycles.